The summed E-state index contributed by atoms with van der Waals surface area (Å²) in [5.74, 6) is 2.84. The van der Waals surface area contributed by atoms with Crippen LogP contribution in [-0.4, -0.2) is 28.7 Å². The monoisotopic (exact) mass is 519 g/mol. The summed E-state index contributed by atoms with van der Waals surface area (Å²) in [7, 11) is 0. The molecule has 0 fully saturated rings. The number of imidazole rings is 1. The van der Waals surface area contributed by atoms with Gasteiger partial charge in [0.1, 0.15) is 5.82 Å². The molecular weight excluding hydrogens is 493 g/mol. The molecule has 7 nitrogen and oxygen atoms in total. The van der Waals surface area contributed by atoms with Crippen molar-refractivity contribution in [3.05, 3.63) is 71.8 Å². The van der Waals surface area contributed by atoms with Gasteiger partial charge in [0.05, 0.1) is 19.8 Å². The number of nitrogens with two attached hydrogens (primary N) is 1. The number of aromatic nitrogens is 2. The van der Waals surface area contributed by atoms with E-state index in [4.69, 9.17) is 15.2 Å². The summed E-state index contributed by atoms with van der Waals surface area (Å²) in [6.45, 7) is 4.60. The lowest BCUT2D eigenvalue weighted by Crippen LogP contribution is -2.22. The first-order chi connectivity index (χ1) is 14.2. The third kappa shape index (κ3) is 5.65. The highest BCUT2D eigenvalue weighted by Crippen LogP contribution is 2.32. The van der Waals surface area contributed by atoms with Crippen molar-refractivity contribution < 1.29 is 9.47 Å². The first-order valence-corrected chi connectivity index (χ1v) is 9.69. The Balaban J connectivity index is 0.00000256. The third-order valence-electron chi connectivity index (χ3n) is 4.72. The van der Waals surface area contributed by atoms with Crippen LogP contribution < -0.4 is 20.5 Å². The molecule has 8 heteroatoms. The maximum Gasteiger partial charge on any atom is 0.193 e. The molecule has 3 aromatic rings. The molecule has 1 aliphatic rings. The first-order valence-electron chi connectivity index (χ1n) is 9.69. The second-order valence-corrected chi connectivity index (χ2v) is 6.96. The van der Waals surface area contributed by atoms with Crippen LogP contribution in [0.3, 0.4) is 0 Å². The maximum atomic E-state index is 6.08. The van der Waals surface area contributed by atoms with Gasteiger partial charge >= 0.3 is 0 Å². The minimum Gasteiger partial charge on any atom is -0.490 e. The second kappa shape index (κ2) is 10.3. The number of ether oxygens (including phenoxy) is 2. The van der Waals surface area contributed by atoms with Crippen molar-refractivity contribution in [2.45, 2.75) is 26.4 Å². The van der Waals surface area contributed by atoms with E-state index in [2.05, 4.69) is 38.1 Å². The lowest BCUT2D eigenvalue weighted by Gasteiger charge is -2.11. The molecule has 1 aromatic heterocycles. The smallest absolute Gasteiger partial charge is 0.193 e. The van der Waals surface area contributed by atoms with Gasteiger partial charge in [0, 0.05) is 37.1 Å². The number of hydrogen-bond acceptors (Lipinski definition) is 4. The quantitative estimate of drug-likeness (QED) is 0.303. The van der Waals surface area contributed by atoms with E-state index >= 15 is 0 Å². The van der Waals surface area contributed by atoms with Crippen LogP contribution >= 0.6 is 24.0 Å². The summed E-state index contributed by atoms with van der Waals surface area (Å²) >= 11 is 0. The van der Waals surface area contributed by atoms with E-state index in [0.29, 0.717) is 25.7 Å². The Bertz CT molecular complexity index is 1020. The van der Waals surface area contributed by atoms with Crippen LogP contribution in [0.2, 0.25) is 0 Å². The molecule has 0 saturated heterocycles. The van der Waals surface area contributed by atoms with Crippen LogP contribution in [0.15, 0.2) is 59.9 Å². The fourth-order valence-corrected chi connectivity index (χ4v) is 3.20. The van der Waals surface area contributed by atoms with E-state index in [1.807, 2.05) is 43.6 Å². The molecule has 1 aliphatic heterocycles. The van der Waals surface area contributed by atoms with Gasteiger partial charge in [0.2, 0.25) is 0 Å². The number of guanidine groups is 1. The molecule has 4 rings (SSSR count). The summed E-state index contributed by atoms with van der Waals surface area (Å²) in [6, 6.07) is 14.0. The highest BCUT2D eigenvalue weighted by Gasteiger charge is 2.11. The van der Waals surface area contributed by atoms with Gasteiger partial charge in [-0.3, -0.25) is 0 Å². The zero-order chi connectivity index (χ0) is 20.1. The highest BCUT2D eigenvalue weighted by molar-refractivity contribution is 14.0. The molecule has 0 radical (unpaired) electrons. The zero-order valence-electron chi connectivity index (χ0n) is 16.9. The van der Waals surface area contributed by atoms with E-state index in [1.165, 1.54) is 5.56 Å². The van der Waals surface area contributed by atoms with Crippen molar-refractivity contribution >= 4 is 35.6 Å². The topological polar surface area (TPSA) is 86.7 Å². The van der Waals surface area contributed by atoms with Gasteiger partial charge in [-0.15, -0.1) is 24.0 Å². The van der Waals surface area contributed by atoms with Gasteiger partial charge in [0.15, 0.2) is 17.5 Å². The van der Waals surface area contributed by atoms with Crippen molar-refractivity contribution in [1.82, 2.24) is 9.55 Å². The molecule has 0 amide bonds. The number of rotatable bonds is 5. The third-order valence-corrected chi connectivity index (χ3v) is 4.72. The molecule has 30 heavy (non-hydrogen) atoms. The molecule has 0 saturated carbocycles. The van der Waals surface area contributed by atoms with Gasteiger partial charge in [-0.2, -0.15) is 0 Å². The Hall–Kier alpha value is -2.75. The van der Waals surface area contributed by atoms with Gasteiger partial charge < -0.3 is 25.1 Å². The summed E-state index contributed by atoms with van der Waals surface area (Å²) < 4.78 is 13.5. The van der Waals surface area contributed by atoms with Gasteiger partial charge in [-0.1, -0.05) is 24.3 Å². The number of nitrogens with one attached hydrogen (secondary N) is 1. The van der Waals surface area contributed by atoms with Crippen LogP contribution in [0.1, 0.15) is 23.4 Å². The summed E-state index contributed by atoms with van der Waals surface area (Å²) in [5, 5.41) is 3.12. The fraction of sp³-hybridized carbons (Fsp3) is 0.273. The molecule has 2 aromatic carbocycles. The van der Waals surface area contributed by atoms with Crippen molar-refractivity contribution in [3.8, 4) is 11.5 Å². The molecule has 0 aliphatic carbocycles. The van der Waals surface area contributed by atoms with Crippen LogP contribution in [0.5, 0.6) is 11.5 Å². The number of aliphatic imine (C=N–C) groups is 1. The lowest BCUT2D eigenvalue weighted by atomic mass is 10.1. The summed E-state index contributed by atoms with van der Waals surface area (Å²) in [5.41, 5.74) is 9.20. The van der Waals surface area contributed by atoms with Crippen LogP contribution in [0.25, 0.3) is 0 Å². The zero-order valence-corrected chi connectivity index (χ0v) is 19.2. The second-order valence-electron chi connectivity index (χ2n) is 6.96. The lowest BCUT2D eigenvalue weighted by molar-refractivity contribution is 0.297. The summed E-state index contributed by atoms with van der Waals surface area (Å²) in [4.78, 5) is 8.73. The van der Waals surface area contributed by atoms with Gasteiger partial charge in [-0.05, 0) is 30.2 Å². The highest BCUT2D eigenvalue weighted by atomic mass is 127. The molecule has 0 bridgehead atoms. The Morgan fingerprint density at radius 1 is 1.13 bits per heavy atom. The molecule has 158 valence electrons. The average molecular weight is 519 g/mol. The standard InChI is InChI=1S/C22H25N5O2.HI/c1-16-24-8-9-27(16)15-18-5-2-4-17(12-18)14-25-22(23)26-19-6-7-20-21(13-19)29-11-3-10-28-20;/h2,4-9,12-13H,3,10-11,14-15H2,1H3,(H3,23,25,26);1H. The van der Waals surface area contributed by atoms with Crippen molar-refractivity contribution in [3.63, 3.8) is 0 Å². The molecule has 3 N–H and O–H groups in total. The average Bonchev–Trinajstić information content (AvgIpc) is 2.98. The van der Waals surface area contributed by atoms with Crippen molar-refractivity contribution in [2.24, 2.45) is 10.7 Å². The molecule has 0 unspecified atom stereocenters. The number of anilines is 1. The van der Waals surface area contributed by atoms with Crippen molar-refractivity contribution in [1.29, 1.82) is 0 Å². The van der Waals surface area contributed by atoms with E-state index in [1.54, 1.807) is 0 Å². The van der Waals surface area contributed by atoms with E-state index in [9.17, 15) is 0 Å². The predicted octanol–water partition coefficient (Wildman–Crippen LogP) is 3.95. The Morgan fingerprint density at radius 3 is 2.73 bits per heavy atom. The number of fused-ring (bicyclic) bond motifs is 1. The Morgan fingerprint density at radius 2 is 1.93 bits per heavy atom. The number of halogens is 1. The van der Waals surface area contributed by atoms with E-state index in [-0.39, 0.29) is 24.0 Å². The fourth-order valence-electron chi connectivity index (χ4n) is 3.20. The Kier molecular flexibility index (Phi) is 7.56. The van der Waals surface area contributed by atoms with Crippen molar-refractivity contribution in [2.75, 3.05) is 18.5 Å². The molecule has 2 heterocycles. The molecule has 0 atom stereocenters. The van der Waals surface area contributed by atoms with Crippen LogP contribution in [0.4, 0.5) is 5.69 Å². The SMILES string of the molecule is Cc1nccn1Cc1cccc(CN=C(N)Nc2ccc3c(c2)OCCCO3)c1.I. The van der Waals surface area contributed by atoms with Crippen LogP contribution in [-0.2, 0) is 13.1 Å². The number of benzene rings is 2. The number of aryl methyl sites for hydroxylation is 1. The number of nitrogens with zero attached hydrogens (tertiary/aromatic N) is 3. The van der Waals surface area contributed by atoms with Crippen LogP contribution in [0, 0.1) is 6.92 Å². The van der Waals surface area contributed by atoms with Gasteiger partial charge in [-0.25, -0.2) is 9.98 Å². The Labute approximate surface area is 193 Å². The maximum absolute atomic E-state index is 6.08. The minimum absolute atomic E-state index is 0. The predicted molar refractivity (Wildman–Crippen MR) is 129 cm³/mol. The minimum atomic E-state index is 0. The van der Waals surface area contributed by atoms with E-state index in [0.717, 1.165) is 41.5 Å². The van der Waals surface area contributed by atoms with Gasteiger partial charge in [0.25, 0.3) is 0 Å². The normalized spacial score (nSPS) is 13.3. The largest absolute Gasteiger partial charge is 0.490 e. The number of hydrogen-bond donors (Lipinski definition) is 2. The van der Waals surface area contributed by atoms with E-state index < -0.39 is 0 Å². The molecular formula is C22H26IN5O2. The summed E-state index contributed by atoms with van der Waals surface area (Å²) in [6.07, 6.45) is 4.67. The first kappa shape index (κ1) is 21.9. The molecule has 0 spiro atoms.